The van der Waals surface area contributed by atoms with Crippen LogP contribution >= 0.6 is 0 Å². The minimum absolute atomic E-state index is 0.183. The highest BCUT2D eigenvalue weighted by molar-refractivity contribution is 6.19. The monoisotopic (exact) mass is 643 g/mol. The first-order valence-corrected chi connectivity index (χ1v) is 17.1. The number of fused-ring (bicyclic) bond motifs is 11. The summed E-state index contributed by atoms with van der Waals surface area (Å²) < 4.78 is 18.6. The topological polar surface area (TPSA) is 38.8 Å². The SMILES string of the molecule is C1=C2Oc3ccccc3C2CC(N(c2ccc(-c3ccc4c(ccc5oc6ccccc6c54)c3)cc2)c2ccc3oc4ccccc4c3c2)=C1. The van der Waals surface area contributed by atoms with Crippen LogP contribution in [0, 0.1) is 0 Å². The van der Waals surface area contributed by atoms with Crippen molar-refractivity contribution in [1.82, 2.24) is 0 Å². The molecule has 9 aromatic rings. The maximum atomic E-state index is 6.26. The van der Waals surface area contributed by atoms with E-state index in [0.29, 0.717) is 0 Å². The van der Waals surface area contributed by atoms with Crippen molar-refractivity contribution < 1.29 is 13.6 Å². The average molecular weight is 644 g/mol. The number of ether oxygens (including phenoxy) is 1. The molecule has 3 heterocycles. The Morgan fingerprint density at radius 1 is 0.500 bits per heavy atom. The van der Waals surface area contributed by atoms with E-state index < -0.39 is 0 Å². The fourth-order valence-electron chi connectivity index (χ4n) is 8.06. The van der Waals surface area contributed by atoms with Gasteiger partial charge >= 0.3 is 0 Å². The molecule has 0 saturated heterocycles. The summed E-state index contributed by atoms with van der Waals surface area (Å²) in [5.74, 6) is 2.15. The van der Waals surface area contributed by atoms with Crippen molar-refractivity contribution in [2.24, 2.45) is 0 Å². The minimum Gasteiger partial charge on any atom is -0.461 e. The van der Waals surface area contributed by atoms with Gasteiger partial charge < -0.3 is 18.5 Å². The third kappa shape index (κ3) is 4.12. The van der Waals surface area contributed by atoms with Gasteiger partial charge in [-0.05, 0) is 94.7 Å². The third-order valence-electron chi connectivity index (χ3n) is 10.4. The van der Waals surface area contributed by atoms with Crippen LogP contribution in [0.5, 0.6) is 5.75 Å². The van der Waals surface area contributed by atoms with Gasteiger partial charge in [-0.25, -0.2) is 0 Å². The molecule has 1 atom stereocenters. The molecule has 1 unspecified atom stereocenters. The van der Waals surface area contributed by atoms with E-state index in [9.17, 15) is 0 Å². The van der Waals surface area contributed by atoms with Crippen molar-refractivity contribution in [3.05, 3.63) is 175 Å². The van der Waals surface area contributed by atoms with Crippen LogP contribution in [-0.4, -0.2) is 0 Å². The van der Waals surface area contributed by atoms with E-state index in [1.165, 1.54) is 38.5 Å². The summed E-state index contributed by atoms with van der Waals surface area (Å²) in [5.41, 5.74) is 10.6. The maximum Gasteiger partial charge on any atom is 0.136 e. The maximum absolute atomic E-state index is 6.26. The fourth-order valence-corrected chi connectivity index (χ4v) is 8.06. The second-order valence-corrected chi connectivity index (χ2v) is 13.3. The molecule has 0 radical (unpaired) electrons. The second kappa shape index (κ2) is 10.5. The molecule has 0 N–H and O–H groups in total. The zero-order valence-electron chi connectivity index (χ0n) is 27.0. The van der Waals surface area contributed by atoms with Crippen molar-refractivity contribution in [3.8, 4) is 16.9 Å². The van der Waals surface area contributed by atoms with E-state index in [0.717, 1.165) is 67.8 Å². The van der Waals surface area contributed by atoms with Crippen LogP contribution in [0.1, 0.15) is 17.9 Å². The Labute approximate surface area is 287 Å². The highest BCUT2D eigenvalue weighted by Gasteiger charge is 2.33. The van der Waals surface area contributed by atoms with Crippen molar-refractivity contribution in [2.75, 3.05) is 4.90 Å². The van der Waals surface area contributed by atoms with E-state index in [4.69, 9.17) is 13.6 Å². The van der Waals surface area contributed by atoms with Crippen LogP contribution in [0.25, 0.3) is 65.8 Å². The lowest BCUT2D eigenvalue weighted by atomic mass is 9.89. The summed E-state index contributed by atoms with van der Waals surface area (Å²) in [6.07, 6.45) is 5.19. The van der Waals surface area contributed by atoms with Gasteiger partial charge in [-0.15, -0.1) is 0 Å². The first kappa shape index (κ1) is 27.4. The number of nitrogens with zero attached hydrogens (tertiary/aromatic N) is 1. The highest BCUT2D eigenvalue weighted by atomic mass is 16.5. The molecule has 0 fully saturated rings. The van der Waals surface area contributed by atoms with Gasteiger partial charge in [0.05, 0.1) is 5.92 Å². The number of rotatable bonds is 4. The lowest BCUT2D eigenvalue weighted by molar-refractivity contribution is 0.423. The summed E-state index contributed by atoms with van der Waals surface area (Å²) in [5, 5.41) is 6.95. The van der Waals surface area contributed by atoms with Crippen molar-refractivity contribution in [2.45, 2.75) is 12.3 Å². The molecule has 4 nitrogen and oxygen atoms in total. The van der Waals surface area contributed by atoms with Gasteiger partial charge in [0.25, 0.3) is 0 Å². The van der Waals surface area contributed by atoms with Crippen LogP contribution < -0.4 is 9.64 Å². The van der Waals surface area contributed by atoms with Crippen molar-refractivity contribution in [1.29, 1.82) is 0 Å². The smallest absolute Gasteiger partial charge is 0.136 e. The van der Waals surface area contributed by atoms with Gasteiger partial charge in [0, 0.05) is 50.6 Å². The Hall–Kier alpha value is -6.52. The first-order valence-electron chi connectivity index (χ1n) is 17.1. The highest BCUT2D eigenvalue weighted by Crippen LogP contribution is 2.48. The molecule has 2 aliphatic rings. The number of anilines is 2. The van der Waals surface area contributed by atoms with E-state index in [1.54, 1.807) is 0 Å². The Bertz CT molecular complexity index is 2890. The molecule has 4 heteroatoms. The molecule has 0 bridgehead atoms. The molecule has 2 aromatic heterocycles. The summed E-state index contributed by atoms with van der Waals surface area (Å²) in [6.45, 7) is 0. The fraction of sp³-hybridized carbons (Fsp3) is 0.0435. The Balaban J connectivity index is 1.01. The van der Waals surface area contributed by atoms with Gasteiger partial charge in [0.2, 0.25) is 0 Å². The van der Waals surface area contributed by atoms with E-state index >= 15 is 0 Å². The molecule has 1 aliphatic carbocycles. The van der Waals surface area contributed by atoms with Crippen LogP contribution in [0.3, 0.4) is 0 Å². The van der Waals surface area contributed by atoms with Gasteiger partial charge in [-0.1, -0.05) is 84.9 Å². The predicted molar refractivity (Wildman–Crippen MR) is 203 cm³/mol. The molecular weight excluding hydrogens is 615 g/mol. The van der Waals surface area contributed by atoms with E-state index in [2.05, 4.69) is 132 Å². The van der Waals surface area contributed by atoms with Crippen LogP contribution in [0.4, 0.5) is 11.4 Å². The normalized spacial score (nSPS) is 15.3. The zero-order chi connectivity index (χ0) is 32.8. The van der Waals surface area contributed by atoms with Crippen molar-refractivity contribution >= 4 is 66.0 Å². The number of furan rings is 2. The minimum atomic E-state index is 0.183. The molecule has 1 aliphatic heterocycles. The van der Waals surface area contributed by atoms with Gasteiger partial charge in [0.1, 0.15) is 33.8 Å². The molecule has 0 amide bonds. The molecule has 7 aromatic carbocycles. The summed E-state index contributed by atoms with van der Waals surface area (Å²) >= 11 is 0. The average Bonchev–Trinajstić information content (AvgIpc) is 3.86. The Morgan fingerprint density at radius 3 is 2.10 bits per heavy atom. The first-order chi connectivity index (χ1) is 24.7. The van der Waals surface area contributed by atoms with Crippen LogP contribution in [-0.2, 0) is 0 Å². The molecule has 0 saturated carbocycles. The summed E-state index contributed by atoms with van der Waals surface area (Å²) in [6, 6.07) is 51.4. The number of hydrogen-bond donors (Lipinski definition) is 0. The standard InChI is InChI=1S/C46H29NO3/c1-4-10-40-35(7-1)38-26-32(19-23-43(38)48-40)47(33-20-24-44-39(27-33)36-8-2-5-11-41(36)49-44)31-17-13-28(14-18-31)29-15-21-34-30(25-29)16-22-45-46(34)37-9-3-6-12-42(37)50-45/h1-26,39H,27H2. The van der Waals surface area contributed by atoms with Crippen LogP contribution in [0.15, 0.2) is 178 Å². The van der Waals surface area contributed by atoms with Gasteiger partial charge in [-0.3, -0.25) is 0 Å². The van der Waals surface area contributed by atoms with Crippen LogP contribution in [0.2, 0.25) is 0 Å². The number of para-hydroxylation sites is 3. The van der Waals surface area contributed by atoms with Gasteiger partial charge in [0.15, 0.2) is 0 Å². The molecule has 236 valence electrons. The Kier molecular flexibility index (Phi) is 5.75. The largest absolute Gasteiger partial charge is 0.461 e. The predicted octanol–water partition coefficient (Wildman–Crippen LogP) is 12.8. The molecule has 50 heavy (non-hydrogen) atoms. The zero-order valence-corrected chi connectivity index (χ0v) is 27.0. The Morgan fingerprint density at radius 2 is 1.20 bits per heavy atom. The lowest BCUT2D eigenvalue weighted by Gasteiger charge is -2.31. The number of benzene rings is 7. The molecular formula is C46H29NO3. The molecule has 11 rings (SSSR count). The molecule has 0 spiro atoms. The second-order valence-electron chi connectivity index (χ2n) is 13.3. The van der Waals surface area contributed by atoms with E-state index in [-0.39, 0.29) is 5.92 Å². The summed E-state index contributed by atoms with van der Waals surface area (Å²) in [7, 11) is 0. The van der Waals surface area contributed by atoms with E-state index in [1.807, 2.05) is 30.3 Å². The van der Waals surface area contributed by atoms with Crippen molar-refractivity contribution in [3.63, 3.8) is 0 Å². The lowest BCUT2D eigenvalue weighted by Crippen LogP contribution is -2.20. The summed E-state index contributed by atoms with van der Waals surface area (Å²) in [4.78, 5) is 2.39. The number of hydrogen-bond acceptors (Lipinski definition) is 4. The quantitative estimate of drug-likeness (QED) is 0.191. The number of allylic oxidation sites excluding steroid dienone is 4. The third-order valence-corrected chi connectivity index (χ3v) is 10.4. The van der Waals surface area contributed by atoms with Gasteiger partial charge in [-0.2, -0.15) is 0 Å².